The molecule has 2 aromatic heterocycles. The van der Waals surface area contributed by atoms with Gasteiger partial charge in [0, 0.05) is 4.88 Å². The van der Waals surface area contributed by atoms with Gasteiger partial charge in [-0.3, -0.25) is 0 Å². The molecule has 0 saturated heterocycles. The van der Waals surface area contributed by atoms with Crippen LogP contribution in [-0.2, 0) is 0 Å². The molecule has 3 nitrogen and oxygen atoms in total. The van der Waals surface area contributed by atoms with Crippen molar-refractivity contribution in [2.45, 2.75) is 53.1 Å². The Bertz CT molecular complexity index is 668. The fourth-order valence-corrected chi connectivity index (χ4v) is 4.67. The van der Waals surface area contributed by atoms with Crippen LogP contribution in [0.15, 0.2) is 6.07 Å². The highest BCUT2D eigenvalue weighted by Crippen LogP contribution is 2.41. The zero-order valence-electron chi connectivity index (χ0n) is 12.9. The van der Waals surface area contributed by atoms with E-state index in [-0.39, 0.29) is 11.4 Å². The van der Waals surface area contributed by atoms with Crippen LogP contribution in [0.25, 0.3) is 10.2 Å². The number of aryl methyl sites for hydroxylation is 1. The first-order valence-corrected chi connectivity index (χ1v) is 8.62. The molecule has 2 atom stereocenters. The van der Waals surface area contributed by atoms with E-state index in [2.05, 4.69) is 43.7 Å². The third kappa shape index (κ3) is 3.32. The third-order valence-electron chi connectivity index (χ3n) is 4.08. The molecule has 3 rings (SSSR count). The normalized spacial score (nSPS) is 25.2. The summed E-state index contributed by atoms with van der Waals surface area (Å²) in [6.45, 7) is 9.00. The van der Waals surface area contributed by atoms with Gasteiger partial charge in [0.25, 0.3) is 0 Å². The topological polar surface area (TPSA) is 35.0 Å². The molecular formula is C16H21ClN2OS. The molecule has 2 heterocycles. The molecule has 1 aliphatic carbocycles. The smallest absolute Gasteiger partial charge is 0.227 e. The number of thiophene rings is 1. The molecule has 2 aromatic rings. The average molecular weight is 325 g/mol. The molecule has 0 aromatic carbocycles. The van der Waals surface area contributed by atoms with Crippen molar-refractivity contribution < 1.29 is 4.74 Å². The number of rotatable bonds is 2. The van der Waals surface area contributed by atoms with Gasteiger partial charge in [-0.2, -0.15) is 4.98 Å². The lowest BCUT2D eigenvalue weighted by molar-refractivity contribution is 0.0543. The monoisotopic (exact) mass is 324 g/mol. The van der Waals surface area contributed by atoms with E-state index in [1.807, 2.05) is 0 Å². The van der Waals surface area contributed by atoms with Gasteiger partial charge in [0.05, 0.1) is 5.39 Å². The predicted octanol–water partition coefficient (Wildman–Crippen LogP) is 5.25. The van der Waals surface area contributed by atoms with E-state index in [0.717, 1.165) is 23.1 Å². The van der Waals surface area contributed by atoms with E-state index in [0.29, 0.717) is 17.2 Å². The van der Waals surface area contributed by atoms with Crippen LogP contribution in [0, 0.1) is 18.3 Å². The van der Waals surface area contributed by atoms with E-state index in [9.17, 15) is 0 Å². The second kappa shape index (κ2) is 5.40. The number of hydrogen-bond donors (Lipinski definition) is 0. The average Bonchev–Trinajstić information content (AvgIpc) is 2.66. The summed E-state index contributed by atoms with van der Waals surface area (Å²) < 4.78 is 6.24. The number of aromatic nitrogens is 2. The Hall–Kier alpha value is -0.870. The van der Waals surface area contributed by atoms with Gasteiger partial charge >= 0.3 is 0 Å². The minimum atomic E-state index is 0.207. The summed E-state index contributed by atoms with van der Waals surface area (Å²) in [6.07, 6.45) is 3.60. The van der Waals surface area contributed by atoms with Gasteiger partial charge in [-0.25, -0.2) is 4.98 Å². The van der Waals surface area contributed by atoms with E-state index in [1.54, 1.807) is 11.3 Å². The van der Waals surface area contributed by atoms with Crippen LogP contribution in [0.3, 0.4) is 0 Å². The van der Waals surface area contributed by atoms with Crippen molar-refractivity contribution in [3.05, 3.63) is 16.2 Å². The SMILES string of the molecule is Cc1cc2c(OC3CC(C)CC(C)(C)C3)nc(Cl)nc2s1. The maximum atomic E-state index is 6.24. The lowest BCUT2D eigenvalue weighted by Crippen LogP contribution is -2.34. The second-order valence-corrected chi connectivity index (χ2v) is 8.60. The van der Waals surface area contributed by atoms with Crippen molar-refractivity contribution in [2.75, 3.05) is 0 Å². The highest BCUT2D eigenvalue weighted by Gasteiger charge is 2.33. The van der Waals surface area contributed by atoms with Crippen molar-refractivity contribution in [3.63, 3.8) is 0 Å². The molecule has 1 fully saturated rings. The van der Waals surface area contributed by atoms with Crippen LogP contribution < -0.4 is 4.74 Å². The van der Waals surface area contributed by atoms with E-state index < -0.39 is 0 Å². The van der Waals surface area contributed by atoms with Gasteiger partial charge < -0.3 is 4.74 Å². The van der Waals surface area contributed by atoms with Crippen molar-refractivity contribution in [1.82, 2.24) is 9.97 Å². The first-order valence-electron chi connectivity index (χ1n) is 7.43. The standard InChI is InChI=1S/C16H21ClN2OS/c1-9-5-11(8-16(3,4)7-9)20-13-12-6-10(2)21-14(12)19-15(17)18-13/h6,9,11H,5,7-8H2,1-4H3. The Morgan fingerprint density at radius 1 is 1.33 bits per heavy atom. The van der Waals surface area contributed by atoms with Crippen LogP contribution in [0.1, 0.15) is 44.9 Å². The molecule has 21 heavy (non-hydrogen) atoms. The third-order valence-corrected chi connectivity index (χ3v) is 5.19. The Labute approximate surface area is 134 Å². The van der Waals surface area contributed by atoms with Crippen LogP contribution in [0.4, 0.5) is 0 Å². The lowest BCUT2D eigenvalue weighted by atomic mass is 9.71. The fraction of sp³-hybridized carbons (Fsp3) is 0.625. The van der Waals surface area contributed by atoms with Gasteiger partial charge in [-0.1, -0.05) is 20.8 Å². The Kier molecular flexibility index (Phi) is 3.87. The van der Waals surface area contributed by atoms with Crippen LogP contribution >= 0.6 is 22.9 Å². The zero-order valence-corrected chi connectivity index (χ0v) is 14.5. The Morgan fingerprint density at radius 3 is 2.81 bits per heavy atom. The fourth-order valence-electron chi connectivity index (χ4n) is 3.59. The van der Waals surface area contributed by atoms with E-state index in [1.165, 1.54) is 11.3 Å². The molecule has 0 aliphatic heterocycles. The zero-order chi connectivity index (χ0) is 15.2. The van der Waals surface area contributed by atoms with E-state index >= 15 is 0 Å². The number of nitrogens with zero attached hydrogens (tertiary/aromatic N) is 2. The van der Waals surface area contributed by atoms with Crippen molar-refractivity contribution in [2.24, 2.45) is 11.3 Å². The minimum absolute atomic E-state index is 0.207. The number of ether oxygens (including phenoxy) is 1. The molecule has 2 unspecified atom stereocenters. The summed E-state index contributed by atoms with van der Waals surface area (Å²) in [5.74, 6) is 1.32. The van der Waals surface area contributed by atoms with Crippen molar-refractivity contribution in [1.29, 1.82) is 0 Å². The van der Waals surface area contributed by atoms with Gasteiger partial charge in [0.2, 0.25) is 11.2 Å². The van der Waals surface area contributed by atoms with Gasteiger partial charge in [0.1, 0.15) is 10.9 Å². The highest BCUT2D eigenvalue weighted by atomic mass is 35.5. The summed E-state index contributed by atoms with van der Waals surface area (Å²) >= 11 is 7.67. The largest absolute Gasteiger partial charge is 0.474 e. The maximum Gasteiger partial charge on any atom is 0.227 e. The molecule has 0 radical (unpaired) electrons. The molecule has 5 heteroatoms. The summed E-state index contributed by atoms with van der Waals surface area (Å²) in [4.78, 5) is 10.7. The lowest BCUT2D eigenvalue weighted by Gasteiger charge is -2.38. The molecule has 1 saturated carbocycles. The highest BCUT2D eigenvalue weighted by molar-refractivity contribution is 7.18. The van der Waals surface area contributed by atoms with Gasteiger partial charge in [0.15, 0.2) is 0 Å². The molecule has 1 aliphatic rings. The summed E-state index contributed by atoms with van der Waals surface area (Å²) in [6, 6.07) is 2.09. The quantitative estimate of drug-likeness (QED) is 0.708. The van der Waals surface area contributed by atoms with Crippen molar-refractivity contribution >= 4 is 33.2 Å². The number of hydrogen-bond acceptors (Lipinski definition) is 4. The summed E-state index contributed by atoms with van der Waals surface area (Å²) in [5, 5.41) is 1.25. The maximum absolute atomic E-state index is 6.24. The second-order valence-electron chi connectivity index (χ2n) is 7.03. The summed E-state index contributed by atoms with van der Waals surface area (Å²) in [5.41, 5.74) is 0.322. The molecule has 114 valence electrons. The molecular weight excluding hydrogens is 304 g/mol. The number of fused-ring (bicyclic) bond motifs is 1. The summed E-state index contributed by atoms with van der Waals surface area (Å²) in [7, 11) is 0. The Morgan fingerprint density at radius 2 is 2.10 bits per heavy atom. The van der Waals surface area contributed by atoms with Gasteiger partial charge in [-0.05, 0) is 55.2 Å². The predicted molar refractivity (Wildman–Crippen MR) is 88.4 cm³/mol. The van der Waals surface area contributed by atoms with Crippen LogP contribution in [-0.4, -0.2) is 16.1 Å². The van der Waals surface area contributed by atoms with Gasteiger partial charge in [-0.15, -0.1) is 11.3 Å². The first-order chi connectivity index (χ1) is 9.82. The molecule has 0 spiro atoms. The minimum Gasteiger partial charge on any atom is -0.474 e. The van der Waals surface area contributed by atoms with Crippen LogP contribution in [0.2, 0.25) is 5.28 Å². The molecule has 0 bridgehead atoms. The molecule has 0 amide bonds. The van der Waals surface area contributed by atoms with Crippen molar-refractivity contribution in [3.8, 4) is 5.88 Å². The molecule has 0 N–H and O–H groups in total. The van der Waals surface area contributed by atoms with Crippen LogP contribution in [0.5, 0.6) is 5.88 Å². The number of halogens is 1. The first kappa shape index (κ1) is 15.0. The van der Waals surface area contributed by atoms with E-state index in [4.69, 9.17) is 16.3 Å². The Balaban J connectivity index is 1.90.